The molecule has 1 aliphatic carbocycles. The van der Waals surface area contributed by atoms with Crippen LogP contribution in [0.25, 0.3) is 0 Å². The van der Waals surface area contributed by atoms with Gasteiger partial charge in [0.2, 0.25) is 5.91 Å². The van der Waals surface area contributed by atoms with Crippen LogP contribution < -0.4 is 5.32 Å². The molecular formula is C16H18N2O3. The maximum Gasteiger partial charge on any atom is 0.262 e. The molecule has 1 aromatic rings. The van der Waals surface area contributed by atoms with Crippen molar-refractivity contribution in [1.29, 1.82) is 0 Å². The molecule has 0 saturated heterocycles. The van der Waals surface area contributed by atoms with E-state index in [-0.39, 0.29) is 23.8 Å². The molecule has 3 amide bonds. The van der Waals surface area contributed by atoms with E-state index in [2.05, 4.69) is 5.32 Å². The normalized spacial score (nSPS) is 19.8. The third-order valence-corrected chi connectivity index (χ3v) is 4.29. The number of hydrogen-bond acceptors (Lipinski definition) is 3. The molecule has 5 nitrogen and oxygen atoms in total. The van der Waals surface area contributed by atoms with Crippen molar-refractivity contribution < 1.29 is 14.4 Å². The highest BCUT2D eigenvalue weighted by Gasteiger charge is 2.40. The summed E-state index contributed by atoms with van der Waals surface area (Å²) in [7, 11) is 0. The Labute approximate surface area is 123 Å². The van der Waals surface area contributed by atoms with Crippen LogP contribution in [0, 0.1) is 0 Å². The molecule has 1 fully saturated rings. The van der Waals surface area contributed by atoms with Gasteiger partial charge in [-0.25, -0.2) is 0 Å². The molecule has 0 radical (unpaired) electrons. The number of rotatable bonds is 3. The number of fused-ring (bicyclic) bond motifs is 1. The number of hydrogen-bond donors (Lipinski definition) is 1. The van der Waals surface area contributed by atoms with Crippen molar-refractivity contribution in [2.45, 2.75) is 44.7 Å². The average molecular weight is 286 g/mol. The Hall–Kier alpha value is -2.17. The molecule has 1 aliphatic heterocycles. The Morgan fingerprint density at radius 3 is 2.19 bits per heavy atom. The van der Waals surface area contributed by atoms with E-state index < -0.39 is 6.04 Å². The lowest BCUT2D eigenvalue weighted by molar-refractivity contribution is -0.125. The number of benzene rings is 1. The van der Waals surface area contributed by atoms with Crippen molar-refractivity contribution in [3.63, 3.8) is 0 Å². The minimum Gasteiger partial charge on any atom is -0.352 e. The summed E-state index contributed by atoms with van der Waals surface area (Å²) in [5.41, 5.74) is 0.756. The van der Waals surface area contributed by atoms with Gasteiger partial charge < -0.3 is 5.32 Å². The Balaban J connectivity index is 1.76. The Morgan fingerprint density at radius 2 is 1.67 bits per heavy atom. The van der Waals surface area contributed by atoms with Gasteiger partial charge in [0, 0.05) is 6.04 Å². The molecule has 0 bridgehead atoms. The first-order chi connectivity index (χ1) is 10.1. The second kappa shape index (κ2) is 5.31. The van der Waals surface area contributed by atoms with E-state index in [0.717, 1.165) is 30.6 Å². The van der Waals surface area contributed by atoms with Gasteiger partial charge in [-0.05, 0) is 31.9 Å². The topological polar surface area (TPSA) is 66.5 Å². The number of imide groups is 1. The van der Waals surface area contributed by atoms with Gasteiger partial charge in [-0.15, -0.1) is 0 Å². The van der Waals surface area contributed by atoms with Gasteiger partial charge in [0.15, 0.2) is 0 Å². The minimum atomic E-state index is -0.780. The fourth-order valence-corrected chi connectivity index (χ4v) is 3.07. The van der Waals surface area contributed by atoms with E-state index in [1.54, 1.807) is 31.2 Å². The summed E-state index contributed by atoms with van der Waals surface area (Å²) in [5, 5.41) is 2.94. The summed E-state index contributed by atoms with van der Waals surface area (Å²) in [5.74, 6) is -1.02. The lowest BCUT2D eigenvalue weighted by Gasteiger charge is -2.23. The van der Waals surface area contributed by atoms with Crippen molar-refractivity contribution in [1.82, 2.24) is 10.2 Å². The van der Waals surface area contributed by atoms with Crippen molar-refractivity contribution in [2.24, 2.45) is 0 Å². The molecule has 1 aromatic carbocycles. The highest BCUT2D eigenvalue weighted by Crippen LogP contribution is 2.25. The Bertz CT molecular complexity index is 570. The van der Waals surface area contributed by atoms with Gasteiger partial charge >= 0.3 is 0 Å². The largest absolute Gasteiger partial charge is 0.352 e. The standard InChI is InChI=1S/C16H18N2O3/c1-10(14(19)17-11-6-2-3-7-11)18-15(20)12-8-4-5-9-13(12)16(18)21/h4-5,8-11H,2-3,6-7H2,1H3,(H,17,19). The van der Waals surface area contributed by atoms with Gasteiger partial charge in [-0.1, -0.05) is 25.0 Å². The predicted molar refractivity (Wildman–Crippen MR) is 76.8 cm³/mol. The van der Waals surface area contributed by atoms with E-state index >= 15 is 0 Å². The molecule has 2 aliphatic rings. The zero-order chi connectivity index (χ0) is 15.0. The van der Waals surface area contributed by atoms with Crippen molar-refractivity contribution in [3.05, 3.63) is 35.4 Å². The van der Waals surface area contributed by atoms with E-state index in [9.17, 15) is 14.4 Å². The van der Waals surface area contributed by atoms with Crippen LogP contribution in [0.2, 0.25) is 0 Å². The number of carbonyl (C=O) groups is 3. The van der Waals surface area contributed by atoms with E-state index in [1.165, 1.54) is 0 Å². The summed E-state index contributed by atoms with van der Waals surface area (Å²) in [6, 6.07) is 6.08. The number of carbonyl (C=O) groups excluding carboxylic acids is 3. The van der Waals surface area contributed by atoms with E-state index in [4.69, 9.17) is 0 Å². The lowest BCUT2D eigenvalue weighted by Crippen LogP contribution is -2.49. The SMILES string of the molecule is CC(C(=O)NC1CCCC1)N1C(=O)c2ccccc2C1=O. The molecule has 1 saturated carbocycles. The maximum absolute atomic E-state index is 12.3. The summed E-state index contributed by atoms with van der Waals surface area (Å²) < 4.78 is 0. The fourth-order valence-electron chi connectivity index (χ4n) is 3.07. The molecule has 1 unspecified atom stereocenters. The Morgan fingerprint density at radius 1 is 1.14 bits per heavy atom. The van der Waals surface area contributed by atoms with Crippen LogP contribution in [0.5, 0.6) is 0 Å². The summed E-state index contributed by atoms with van der Waals surface area (Å²) in [4.78, 5) is 38.0. The summed E-state index contributed by atoms with van der Waals surface area (Å²) in [6.07, 6.45) is 4.18. The van der Waals surface area contributed by atoms with E-state index in [0.29, 0.717) is 11.1 Å². The number of nitrogens with one attached hydrogen (secondary N) is 1. The van der Waals surface area contributed by atoms with E-state index in [1.807, 2.05) is 0 Å². The molecule has 3 rings (SSSR count). The van der Waals surface area contributed by atoms with Crippen LogP contribution in [0.4, 0.5) is 0 Å². The molecule has 1 N–H and O–H groups in total. The molecule has 1 atom stereocenters. The molecule has 0 aromatic heterocycles. The molecular weight excluding hydrogens is 268 g/mol. The molecule has 21 heavy (non-hydrogen) atoms. The van der Waals surface area contributed by atoms with Crippen LogP contribution in [-0.2, 0) is 4.79 Å². The summed E-state index contributed by atoms with van der Waals surface area (Å²) in [6.45, 7) is 1.60. The second-order valence-corrected chi connectivity index (χ2v) is 5.69. The van der Waals surface area contributed by atoms with Crippen molar-refractivity contribution >= 4 is 17.7 Å². The zero-order valence-corrected chi connectivity index (χ0v) is 12.0. The predicted octanol–water partition coefficient (Wildman–Crippen LogP) is 1.73. The Kier molecular flexibility index (Phi) is 3.49. The number of amides is 3. The van der Waals surface area contributed by atoms with Crippen LogP contribution in [-0.4, -0.2) is 34.7 Å². The average Bonchev–Trinajstić information content (AvgIpc) is 3.07. The fraction of sp³-hybridized carbons (Fsp3) is 0.438. The molecule has 1 heterocycles. The molecule has 110 valence electrons. The van der Waals surface area contributed by atoms with Gasteiger partial charge in [-0.3, -0.25) is 19.3 Å². The van der Waals surface area contributed by atoms with Crippen LogP contribution in [0.3, 0.4) is 0 Å². The van der Waals surface area contributed by atoms with Gasteiger partial charge in [-0.2, -0.15) is 0 Å². The van der Waals surface area contributed by atoms with Crippen molar-refractivity contribution in [2.75, 3.05) is 0 Å². The number of nitrogens with zero attached hydrogens (tertiary/aromatic N) is 1. The monoisotopic (exact) mass is 286 g/mol. The lowest BCUT2D eigenvalue weighted by atomic mass is 10.1. The first kappa shape index (κ1) is 13.8. The molecule has 0 spiro atoms. The smallest absolute Gasteiger partial charge is 0.262 e. The highest BCUT2D eigenvalue weighted by atomic mass is 16.2. The first-order valence-corrected chi connectivity index (χ1v) is 7.37. The van der Waals surface area contributed by atoms with Gasteiger partial charge in [0.1, 0.15) is 6.04 Å². The zero-order valence-electron chi connectivity index (χ0n) is 12.0. The maximum atomic E-state index is 12.3. The van der Waals surface area contributed by atoms with Crippen LogP contribution >= 0.6 is 0 Å². The third-order valence-electron chi connectivity index (χ3n) is 4.29. The highest BCUT2D eigenvalue weighted by molar-refractivity contribution is 6.22. The summed E-state index contributed by atoms with van der Waals surface area (Å²) >= 11 is 0. The quantitative estimate of drug-likeness (QED) is 0.861. The van der Waals surface area contributed by atoms with Gasteiger partial charge in [0.05, 0.1) is 11.1 Å². The third kappa shape index (κ3) is 2.33. The molecule has 5 heteroatoms. The van der Waals surface area contributed by atoms with Gasteiger partial charge in [0.25, 0.3) is 11.8 Å². The second-order valence-electron chi connectivity index (χ2n) is 5.69. The minimum absolute atomic E-state index is 0.176. The first-order valence-electron chi connectivity index (χ1n) is 7.37. The van der Waals surface area contributed by atoms with Crippen molar-refractivity contribution in [3.8, 4) is 0 Å². The van der Waals surface area contributed by atoms with Crippen LogP contribution in [0.1, 0.15) is 53.3 Å². The van der Waals surface area contributed by atoms with Crippen LogP contribution in [0.15, 0.2) is 24.3 Å².